The molecule has 0 aromatic heterocycles. The number of unbranched alkanes of at least 4 members (excludes halogenated alkanes) is 45. The third-order valence-electron chi connectivity index (χ3n) is 15.9. The Kier molecular flexibility index (Phi) is 66.9. The van der Waals surface area contributed by atoms with Crippen molar-refractivity contribution in [2.75, 3.05) is 26.4 Å². The Bertz CT molecular complexity index is 1540. The van der Waals surface area contributed by atoms with Crippen LogP contribution < -0.4 is 5.73 Å². The van der Waals surface area contributed by atoms with Gasteiger partial charge >= 0.3 is 19.8 Å². The summed E-state index contributed by atoms with van der Waals surface area (Å²) in [5.74, 6) is -0.807. The number of carbonyl (C=O) groups excluding carboxylic acids is 2. The van der Waals surface area contributed by atoms with Crippen molar-refractivity contribution in [2.45, 2.75) is 367 Å². The van der Waals surface area contributed by atoms with Crippen molar-refractivity contribution in [1.82, 2.24) is 0 Å². The molecule has 0 bridgehead atoms. The quantitative estimate of drug-likeness (QED) is 0.0264. The number of phosphoric ester groups is 1. The standard InChI is InChI=1S/C73H136NO8P/c1-3-5-7-9-11-13-15-17-19-21-23-25-27-29-31-33-34-35-36-38-40-42-44-46-48-50-52-54-56-58-60-62-64-66-73(76)82-71(70-81-83(77,78)80-68-67-74)69-79-72(75)65-63-61-59-57-55-53-51-49-47-45-43-41-39-37-32-30-28-26-24-22-20-18-16-14-12-10-8-6-4-2/h5,7,11,13,17,19,23,25,29,31,71H,3-4,6,8-10,12,14-16,18,20-22,24,26-28,30,32-70,74H2,1-2H3,(H,77,78)/b7-5-,13-11-,19-17-,25-23-,31-29-. The van der Waals surface area contributed by atoms with Crippen LogP contribution in [0.2, 0.25) is 0 Å². The topological polar surface area (TPSA) is 134 Å². The lowest BCUT2D eigenvalue weighted by molar-refractivity contribution is -0.161. The minimum absolute atomic E-state index is 0.0548. The van der Waals surface area contributed by atoms with Gasteiger partial charge in [-0.05, 0) is 57.8 Å². The van der Waals surface area contributed by atoms with Crippen molar-refractivity contribution < 1.29 is 37.6 Å². The van der Waals surface area contributed by atoms with Gasteiger partial charge in [0.25, 0.3) is 0 Å². The number of hydrogen-bond acceptors (Lipinski definition) is 8. The van der Waals surface area contributed by atoms with Crippen molar-refractivity contribution in [3.8, 4) is 0 Å². The van der Waals surface area contributed by atoms with Crippen molar-refractivity contribution in [3.63, 3.8) is 0 Å². The molecule has 0 aliphatic carbocycles. The number of rotatable bonds is 68. The van der Waals surface area contributed by atoms with Gasteiger partial charge in [0.05, 0.1) is 13.2 Å². The SMILES string of the molecule is CC/C=C\C/C=C\C/C=C\C/C=C\C/C=C\CCCCCCCCCCCCCCCCCCCC(=O)OC(COC(=O)CCCCCCCCCCCCCCCCCCCCCCCCCCCCCCC)COP(=O)(O)OCCN. The normalized spacial score (nSPS) is 13.3. The molecule has 0 spiro atoms. The maximum Gasteiger partial charge on any atom is 0.472 e. The van der Waals surface area contributed by atoms with E-state index >= 15 is 0 Å². The van der Waals surface area contributed by atoms with E-state index in [-0.39, 0.29) is 38.6 Å². The Labute approximate surface area is 514 Å². The highest BCUT2D eigenvalue weighted by atomic mass is 31.2. The second-order valence-electron chi connectivity index (χ2n) is 24.1. The van der Waals surface area contributed by atoms with Crippen molar-refractivity contribution >= 4 is 19.8 Å². The molecule has 0 aromatic rings. The zero-order chi connectivity index (χ0) is 60.1. The Morgan fingerprint density at radius 3 is 0.988 bits per heavy atom. The van der Waals surface area contributed by atoms with Crippen LogP contribution in [0.25, 0.3) is 0 Å². The van der Waals surface area contributed by atoms with Gasteiger partial charge in [-0.2, -0.15) is 0 Å². The van der Waals surface area contributed by atoms with E-state index in [0.717, 1.165) is 70.6 Å². The first-order valence-electron chi connectivity index (χ1n) is 35.8. The van der Waals surface area contributed by atoms with Crippen LogP contribution in [-0.4, -0.2) is 49.3 Å². The van der Waals surface area contributed by atoms with Crippen molar-refractivity contribution in [3.05, 3.63) is 60.8 Å². The molecule has 486 valence electrons. The van der Waals surface area contributed by atoms with Crippen LogP contribution in [0.15, 0.2) is 60.8 Å². The molecule has 0 saturated heterocycles. The van der Waals surface area contributed by atoms with E-state index in [4.69, 9.17) is 24.3 Å². The largest absolute Gasteiger partial charge is 0.472 e. The van der Waals surface area contributed by atoms with E-state index in [0.29, 0.717) is 6.42 Å². The number of hydrogen-bond donors (Lipinski definition) is 2. The summed E-state index contributed by atoms with van der Waals surface area (Å²) in [5, 5.41) is 0. The fourth-order valence-electron chi connectivity index (χ4n) is 10.7. The molecule has 9 nitrogen and oxygen atoms in total. The van der Waals surface area contributed by atoms with Gasteiger partial charge in [-0.1, -0.05) is 351 Å². The minimum atomic E-state index is -4.39. The summed E-state index contributed by atoms with van der Waals surface area (Å²) < 4.78 is 33.2. The first-order chi connectivity index (χ1) is 40.8. The Hall–Kier alpha value is -2.29. The average molecular weight is 1190 g/mol. The summed E-state index contributed by atoms with van der Waals surface area (Å²) in [4.78, 5) is 35.4. The number of ether oxygens (including phenoxy) is 2. The lowest BCUT2D eigenvalue weighted by Crippen LogP contribution is -2.29. The van der Waals surface area contributed by atoms with Crippen LogP contribution >= 0.6 is 7.82 Å². The van der Waals surface area contributed by atoms with Gasteiger partial charge in [-0.15, -0.1) is 0 Å². The highest BCUT2D eigenvalue weighted by Gasteiger charge is 2.26. The lowest BCUT2D eigenvalue weighted by atomic mass is 10.0. The van der Waals surface area contributed by atoms with Gasteiger partial charge in [-0.3, -0.25) is 18.6 Å². The van der Waals surface area contributed by atoms with Crippen LogP contribution in [0.5, 0.6) is 0 Å². The molecule has 83 heavy (non-hydrogen) atoms. The number of esters is 2. The fraction of sp³-hybridized carbons (Fsp3) is 0.836. The molecule has 3 N–H and O–H groups in total. The summed E-state index contributed by atoms with van der Waals surface area (Å²) in [6, 6.07) is 0. The maximum absolute atomic E-state index is 12.8. The molecule has 0 aliphatic rings. The van der Waals surface area contributed by atoms with Gasteiger partial charge in [-0.25, -0.2) is 4.57 Å². The van der Waals surface area contributed by atoms with Crippen molar-refractivity contribution in [2.24, 2.45) is 5.73 Å². The Morgan fingerprint density at radius 1 is 0.373 bits per heavy atom. The summed E-state index contributed by atoms with van der Waals surface area (Å²) in [7, 11) is -4.39. The predicted octanol–water partition coefficient (Wildman–Crippen LogP) is 23.4. The van der Waals surface area contributed by atoms with Gasteiger partial charge in [0, 0.05) is 19.4 Å². The molecular weight excluding hydrogens is 1050 g/mol. The van der Waals surface area contributed by atoms with E-state index in [2.05, 4.69) is 74.6 Å². The zero-order valence-corrected chi connectivity index (χ0v) is 55.6. The van der Waals surface area contributed by atoms with E-state index in [9.17, 15) is 19.0 Å². The average Bonchev–Trinajstić information content (AvgIpc) is 3.49. The smallest absolute Gasteiger partial charge is 0.462 e. The van der Waals surface area contributed by atoms with Gasteiger partial charge in [0.2, 0.25) is 0 Å². The van der Waals surface area contributed by atoms with Crippen LogP contribution in [0.1, 0.15) is 361 Å². The first-order valence-corrected chi connectivity index (χ1v) is 37.3. The van der Waals surface area contributed by atoms with Crippen LogP contribution in [0, 0.1) is 0 Å². The molecule has 0 amide bonds. The van der Waals surface area contributed by atoms with Crippen molar-refractivity contribution in [1.29, 1.82) is 0 Å². The molecule has 0 fully saturated rings. The molecule has 2 atom stereocenters. The molecule has 0 saturated carbocycles. The summed E-state index contributed by atoms with van der Waals surface area (Å²) in [5.41, 5.74) is 5.41. The number of phosphoric acid groups is 1. The van der Waals surface area contributed by atoms with Gasteiger partial charge in [0.15, 0.2) is 6.10 Å². The van der Waals surface area contributed by atoms with E-state index in [1.165, 1.54) is 257 Å². The summed E-state index contributed by atoms with van der Waals surface area (Å²) in [6.07, 6.45) is 89.0. The highest BCUT2D eigenvalue weighted by Crippen LogP contribution is 2.43. The van der Waals surface area contributed by atoms with E-state index in [1.807, 2.05) is 0 Å². The Balaban J connectivity index is 3.83. The predicted molar refractivity (Wildman–Crippen MR) is 358 cm³/mol. The molecule has 2 unspecified atom stereocenters. The lowest BCUT2D eigenvalue weighted by Gasteiger charge is -2.19. The molecular formula is C73H136NO8P. The van der Waals surface area contributed by atoms with E-state index < -0.39 is 26.5 Å². The summed E-state index contributed by atoms with van der Waals surface area (Å²) >= 11 is 0. The summed E-state index contributed by atoms with van der Waals surface area (Å²) in [6.45, 7) is 3.70. The fourth-order valence-corrected chi connectivity index (χ4v) is 11.4. The number of nitrogens with two attached hydrogens (primary N) is 1. The van der Waals surface area contributed by atoms with Crippen LogP contribution in [-0.2, 0) is 32.7 Å². The monoisotopic (exact) mass is 1190 g/mol. The zero-order valence-electron chi connectivity index (χ0n) is 54.7. The van der Waals surface area contributed by atoms with E-state index in [1.54, 1.807) is 0 Å². The molecule has 0 heterocycles. The molecule has 0 aliphatic heterocycles. The van der Waals surface area contributed by atoms with Gasteiger partial charge < -0.3 is 20.1 Å². The second-order valence-corrected chi connectivity index (χ2v) is 25.5. The highest BCUT2D eigenvalue weighted by molar-refractivity contribution is 7.47. The molecule has 10 heteroatoms. The van der Waals surface area contributed by atoms with Gasteiger partial charge in [0.1, 0.15) is 6.61 Å². The third kappa shape index (κ3) is 68.7. The second kappa shape index (κ2) is 68.8. The molecule has 0 radical (unpaired) electrons. The van der Waals surface area contributed by atoms with Crippen LogP contribution in [0.3, 0.4) is 0 Å². The third-order valence-corrected chi connectivity index (χ3v) is 16.9. The Morgan fingerprint density at radius 2 is 0.663 bits per heavy atom. The molecule has 0 rings (SSSR count). The maximum atomic E-state index is 12.8. The first kappa shape index (κ1) is 80.7. The minimum Gasteiger partial charge on any atom is -0.462 e. The number of carbonyl (C=O) groups is 2. The van der Waals surface area contributed by atoms with Crippen LogP contribution in [0.4, 0.5) is 0 Å². The molecule has 0 aromatic carbocycles. The number of allylic oxidation sites excluding steroid dienone is 10.